The Morgan fingerprint density at radius 1 is 1.05 bits per heavy atom. The number of anilines is 1. The first-order chi connectivity index (χ1) is 18.4. The van der Waals surface area contributed by atoms with Crippen molar-refractivity contribution in [1.29, 1.82) is 0 Å². The summed E-state index contributed by atoms with van der Waals surface area (Å²) >= 11 is 6.17. The summed E-state index contributed by atoms with van der Waals surface area (Å²) in [5.74, 6) is 0.606. The molecule has 5 rings (SSSR count). The molecule has 0 atom stereocenters. The van der Waals surface area contributed by atoms with Crippen LogP contribution in [-0.4, -0.2) is 35.4 Å². The number of aryl methyl sites for hydroxylation is 2. The van der Waals surface area contributed by atoms with Gasteiger partial charge in [0, 0.05) is 33.2 Å². The molecule has 0 radical (unpaired) electrons. The maximum atomic E-state index is 12.1. The Bertz CT molecular complexity index is 1400. The smallest absolute Gasteiger partial charge is 0.226 e. The lowest BCUT2D eigenvalue weighted by molar-refractivity contribution is -0.118. The van der Waals surface area contributed by atoms with Gasteiger partial charge in [-0.2, -0.15) is 0 Å². The van der Waals surface area contributed by atoms with Crippen LogP contribution in [0.4, 0.5) is 5.69 Å². The largest absolute Gasteiger partial charge is 0.354 e. The molecule has 3 aromatic carbocycles. The summed E-state index contributed by atoms with van der Waals surface area (Å²) in [5.41, 5.74) is 8.57. The summed E-state index contributed by atoms with van der Waals surface area (Å²) in [6.07, 6.45) is 4.48. The van der Waals surface area contributed by atoms with Crippen molar-refractivity contribution in [3.8, 4) is 11.3 Å². The summed E-state index contributed by atoms with van der Waals surface area (Å²) in [7, 11) is 0. The third-order valence-electron chi connectivity index (χ3n) is 7.92. The maximum absolute atomic E-state index is 12.1. The molecule has 1 amide bonds. The summed E-state index contributed by atoms with van der Waals surface area (Å²) in [6.45, 7) is 9.36. The van der Waals surface area contributed by atoms with Crippen LogP contribution in [0.15, 0.2) is 66.7 Å². The quantitative estimate of drug-likeness (QED) is 0.242. The Morgan fingerprint density at radius 3 is 2.53 bits per heavy atom. The van der Waals surface area contributed by atoms with Crippen molar-refractivity contribution in [2.75, 3.05) is 25.0 Å². The molecule has 4 aromatic rings. The molecule has 4 nitrogen and oxygen atoms in total. The molecule has 1 fully saturated rings. The number of para-hydroxylation sites is 1. The highest BCUT2D eigenvalue weighted by atomic mass is 35.5. The number of rotatable bonds is 8. The van der Waals surface area contributed by atoms with Gasteiger partial charge in [-0.3, -0.25) is 4.79 Å². The van der Waals surface area contributed by atoms with E-state index in [-0.39, 0.29) is 11.8 Å². The third kappa shape index (κ3) is 5.98. The Kier molecular flexibility index (Phi) is 8.21. The molecule has 38 heavy (non-hydrogen) atoms. The van der Waals surface area contributed by atoms with E-state index >= 15 is 0 Å². The second-order valence-corrected chi connectivity index (χ2v) is 11.4. The lowest BCUT2D eigenvalue weighted by atomic mass is 9.89. The number of piperidine rings is 1. The number of carbonyl (C=O) groups is 1. The number of nitrogens with one attached hydrogen (secondary N) is 2. The molecule has 5 heteroatoms. The van der Waals surface area contributed by atoms with Crippen molar-refractivity contribution in [3.05, 3.63) is 88.4 Å². The van der Waals surface area contributed by atoms with Crippen molar-refractivity contribution in [1.82, 2.24) is 9.88 Å². The van der Waals surface area contributed by atoms with Crippen LogP contribution in [0.5, 0.6) is 0 Å². The first-order valence-electron chi connectivity index (χ1n) is 13.9. The van der Waals surface area contributed by atoms with Gasteiger partial charge in [-0.1, -0.05) is 67.9 Å². The minimum Gasteiger partial charge on any atom is -0.354 e. The van der Waals surface area contributed by atoms with Crippen LogP contribution in [0.2, 0.25) is 5.02 Å². The highest BCUT2D eigenvalue weighted by molar-refractivity contribution is 6.30. The monoisotopic (exact) mass is 527 g/mol. The van der Waals surface area contributed by atoms with Crippen molar-refractivity contribution in [2.24, 2.45) is 5.92 Å². The molecule has 1 saturated heterocycles. The van der Waals surface area contributed by atoms with Gasteiger partial charge in [0.1, 0.15) is 0 Å². The summed E-state index contributed by atoms with van der Waals surface area (Å²) in [6, 6.07) is 23.2. The van der Waals surface area contributed by atoms with E-state index < -0.39 is 0 Å². The van der Waals surface area contributed by atoms with Crippen molar-refractivity contribution in [2.45, 2.75) is 52.4 Å². The van der Waals surface area contributed by atoms with E-state index in [4.69, 9.17) is 11.6 Å². The van der Waals surface area contributed by atoms with Crippen LogP contribution in [0.3, 0.4) is 0 Å². The number of fused-ring (bicyclic) bond motifs is 1. The lowest BCUT2D eigenvalue weighted by Crippen LogP contribution is -2.33. The zero-order valence-corrected chi connectivity index (χ0v) is 23.4. The molecule has 0 aliphatic carbocycles. The first kappa shape index (κ1) is 26.5. The highest BCUT2D eigenvalue weighted by Crippen LogP contribution is 2.34. The number of carbonyl (C=O) groups excluding carboxylic acids is 1. The number of hydrogen-bond donors (Lipinski definition) is 2. The molecule has 0 bridgehead atoms. The lowest BCUT2D eigenvalue weighted by Gasteiger charge is -2.32. The van der Waals surface area contributed by atoms with Crippen molar-refractivity contribution in [3.63, 3.8) is 0 Å². The Balaban J connectivity index is 1.21. The van der Waals surface area contributed by atoms with E-state index in [2.05, 4.69) is 70.7 Å². The van der Waals surface area contributed by atoms with Crippen molar-refractivity contribution < 1.29 is 4.79 Å². The minimum absolute atomic E-state index is 0.0163. The average molecular weight is 528 g/mol. The van der Waals surface area contributed by atoms with E-state index in [1.807, 2.05) is 32.0 Å². The predicted molar refractivity (Wildman–Crippen MR) is 160 cm³/mol. The summed E-state index contributed by atoms with van der Waals surface area (Å²) in [5, 5.41) is 5.14. The van der Waals surface area contributed by atoms with Crippen LogP contribution in [-0.2, 0) is 11.2 Å². The highest BCUT2D eigenvalue weighted by Gasteiger charge is 2.21. The molecule has 0 saturated carbocycles. The Hall–Kier alpha value is -3.08. The van der Waals surface area contributed by atoms with E-state index in [0.29, 0.717) is 5.92 Å². The van der Waals surface area contributed by atoms with E-state index in [0.717, 1.165) is 56.0 Å². The summed E-state index contributed by atoms with van der Waals surface area (Å²) < 4.78 is 0. The van der Waals surface area contributed by atoms with Crippen LogP contribution in [0, 0.1) is 12.8 Å². The molecule has 198 valence electrons. The number of H-pyrrole nitrogens is 1. The predicted octanol–water partition coefficient (Wildman–Crippen LogP) is 8.20. The standard InChI is InChI=1S/C33H38ClN3O/c1-22(2)33(38)35-28-9-5-8-26(21-28)24-16-19-37(20-17-24)18-6-11-30-29-10-4-7-23(3)31(29)36-32(30)25-12-14-27(34)15-13-25/h4-5,7-10,12-15,21-22,24,36H,6,11,16-20H2,1-3H3,(H,35,38). The fourth-order valence-corrected chi connectivity index (χ4v) is 5.80. The van der Waals surface area contributed by atoms with E-state index in [9.17, 15) is 4.79 Å². The van der Waals surface area contributed by atoms with Gasteiger partial charge in [0.15, 0.2) is 0 Å². The Labute approximate surface area is 231 Å². The molecule has 0 spiro atoms. The van der Waals surface area contributed by atoms with E-state index in [1.54, 1.807) is 0 Å². The molecule has 2 heterocycles. The number of halogens is 1. The fourth-order valence-electron chi connectivity index (χ4n) is 5.67. The van der Waals surface area contributed by atoms with Crippen LogP contribution in [0.1, 0.15) is 55.7 Å². The van der Waals surface area contributed by atoms with Crippen LogP contribution in [0.25, 0.3) is 22.2 Å². The average Bonchev–Trinajstić information content (AvgIpc) is 3.29. The Morgan fingerprint density at radius 2 is 1.79 bits per heavy atom. The number of hydrogen-bond acceptors (Lipinski definition) is 2. The van der Waals surface area contributed by atoms with Gasteiger partial charge in [-0.15, -0.1) is 0 Å². The number of nitrogens with zero attached hydrogens (tertiary/aromatic N) is 1. The fraction of sp³-hybridized carbons (Fsp3) is 0.364. The number of amides is 1. The second-order valence-electron chi connectivity index (χ2n) is 11.0. The number of aromatic nitrogens is 1. The second kappa shape index (κ2) is 11.8. The SMILES string of the molecule is Cc1cccc2c(CCCN3CCC(c4cccc(NC(=O)C(C)C)c4)CC3)c(-c3ccc(Cl)cc3)[nH]c12. The number of benzene rings is 3. The van der Waals surface area contributed by atoms with Crippen molar-refractivity contribution >= 4 is 34.1 Å². The molecule has 2 N–H and O–H groups in total. The molecule has 1 aliphatic rings. The van der Waals surface area contributed by atoms with Gasteiger partial charge in [-0.25, -0.2) is 0 Å². The third-order valence-corrected chi connectivity index (χ3v) is 8.17. The summed E-state index contributed by atoms with van der Waals surface area (Å²) in [4.78, 5) is 18.4. The van der Waals surface area contributed by atoms with Gasteiger partial charge >= 0.3 is 0 Å². The molecule has 1 aliphatic heterocycles. The topological polar surface area (TPSA) is 48.1 Å². The van der Waals surface area contributed by atoms with Crippen LogP contribution >= 0.6 is 11.6 Å². The van der Waals surface area contributed by atoms with Gasteiger partial charge in [0.25, 0.3) is 0 Å². The normalized spacial score (nSPS) is 14.9. The molecular formula is C33H38ClN3O. The van der Waals surface area contributed by atoms with Gasteiger partial charge in [-0.05, 0) is 105 Å². The van der Waals surface area contributed by atoms with Gasteiger partial charge in [0.2, 0.25) is 5.91 Å². The minimum atomic E-state index is -0.0163. The zero-order valence-electron chi connectivity index (χ0n) is 22.7. The molecular weight excluding hydrogens is 490 g/mol. The molecule has 1 aromatic heterocycles. The molecule has 0 unspecified atom stereocenters. The zero-order chi connectivity index (χ0) is 26.6. The first-order valence-corrected chi connectivity index (χ1v) is 14.3. The van der Waals surface area contributed by atoms with Gasteiger partial charge < -0.3 is 15.2 Å². The van der Waals surface area contributed by atoms with Crippen LogP contribution < -0.4 is 5.32 Å². The number of likely N-dealkylation sites (tertiary alicyclic amines) is 1. The maximum Gasteiger partial charge on any atom is 0.226 e. The van der Waals surface area contributed by atoms with Gasteiger partial charge in [0.05, 0.1) is 0 Å². The van der Waals surface area contributed by atoms with E-state index in [1.165, 1.54) is 38.9 Å². The number of aromatic amines is 1.